The second kappa shape index (κ2) is 7.05. The molecule has 0 saturated carbocycles. The molecule has 0 spiro atoms. The van der Waals surface area contributed by atoms with E-state index in [4.69, 9.17) is 0 Å². The molecule has 1 heterocycles. The number of nitrogens with zero attached hydrogens (tertiary/aromatic N) is 1. The van der Waals surface area contributed by atoms with Crippen molar-refractivity contribution >= 4 is 17.1 Å². The summed E-state index contributed by atoms with van der Waals surface area (Å²) in [5, 5.41) is 0. The molecule has 0 aliphatic rings. The quantitative estimate of drug-likeness (QED) is 0.699. The van der Waals surface area contributed by atoms with Gasteiger partial charge in [0.2, 0.25) is 0 Å². The lowest BCUT2D eigenvalue weighted by atomic mass is 10.0. The fourth-order valence-corrected chi connectivity index (χ4v) is 2.92. The average molecular weight is 267 g/mol. The molecule has 0 amide bonds. The summed E-state index contributed by atoms with van der Waals surface area (Å²) in [5.74, 6) is 0.920. The van der Waals surface area contributed by atoms with Gasteiger partial charge in [0.15, 0.2) is 5.78 Å². The van der Waals surface area contributed by atoms with Crippen LogP contribution < -0.4 is 0 Å². The molecule has 0 saturated heterocycles. The highest BCUT2D eigenvalue weighted by Crippen LogP contribution is 2.18. The zero-order valence-electron chi connectivity index (χ0n) is 12.2. The third kappa shape index (κ3) is 4.54. The summed E-state index contributed by atoms with van der Waals surface area (Å²) in [5.41, 5.74) is 0. The molecule has 0 N–H and O–H groups in total. The van der Waals surface area contributed by atoms with Crippen LogP contribution in [0.5, 0.6) is 0 Å². The van der Waals surface area contributed by atoms with Crippen molar-refractivity contribution in [1.82, 2.24) is 4.90 Å². The Morgan fingerprint density at radius 1 is 1.33 bits per heavy atom. The van der Waals surface area contributed by atoms with E-state index in [1.807, 2.05) is 13.1 Å². The number of Topliss-reactive ketones (excluding diaryl/α,β-unsaturated/α-hetero) is 1. The minimum absolute atomic E-state index is 0.248. The molecule has 18 heavy (non-hydrogen) atoms. The van der Waals surface area contributed by atoms with E-state index in [0.717, 1.165) is 17.7 Å². The third-order valence-corrected chi connectivity index (χ3v) is 4.51. The lowest BCUT2D eigenvalue weighted by molar-refractivity contribution is 0.0920. The second-order valence-electron chi connectivity index (χ2n) is 5.44. The molecule has 0 bridgehead atoms. The molecule has 0 aliphatic carbocycles. The molecule has 0 aromatic carbocycles. The number of ketones is 1. The van der Waals surface area contributed by atoms with Crippen LogP contribution in [-0.4, -0.2) is 30.3 Å². The van der Waals surface area contributed by atoms with Gasteiger partial charge in [-0.25, -0.2) is 0 Å². The Labute approximate surface area is 115 Å². The number of thiophene rings is 1. The van der Waals surface area contributed by atoms with Crippen molar-refractivity contribution in [3.63, 3.8) is 0 Å². The highest BCUT2D eigenvalue weighted by Gasteiger charge is 2.16. The zero-order chi connectivity index (χ0) is 13.7. The van der Waals surface area contributed by atoms with Crippen LogP contribution in [0.2, 0.25) is 0 Å². The Hall–Kier alpha value is -0.670. The summed E-state index contributed by atoms with van der Waals surface area (Å²) >= 11 is 1.63. The zero-order valence-corrected chi connectivity index (χ0v) is 13.0. The van der Waals surface area contributed by atoms with E-state index < -0.39 is 0 Å². The number of aryl methyl sites for hydroxylation is 1. The molecule has 0 aliphatic heterocycles. The number of rotatable bonds is 7. The van der Waals surface area contributed by atoms with Gasteiger partial charge in [0.1, 0.15) is 0 Å². The molecule has 1 rings (SSSR count). The first-order valence-electron chi connectivity index (χ1n) is 6.76. The SMILES string of the molecule is CCc1ccc(C(=O)CN(C)C(C)CC(C)C)s1. The van der Waals surface area contributed by atoms with Gasteiger partial charge >= 0.3 is 0 Å². The van der Waals surface area contributed by atoms with Crippen LogP contribution in [0.3, 0.4) is 0 Å². The fraction of sp³-hybridized carbons (Fsp3) is 0.667. The molecule has 1 unspecified atom stereocenters. The second-order valence-corrected chi connectivity index (χ2v) is 6.60. The fourth-order valence-electron chi connectivity index (χ4n) is 2.04. The number of likely N-dealkylation sites (N-methyl/N-ethyl adjacent to an activating group) is 1. The average Bonchev–Trinajstić information content (AvgIpc) is 2.76. The minimum Gasteiger partial charge on any atom is -0.296 e. The van der Waals surface area contributed by atoms with E-state index >= 15 is 0 Å². The maximum Gasteiger partial charge on any atom is 0.186 e. The summed E-state index contributed by atoms with van der Waals surface area (Å²) in [4.78, 5) is 16.5. The molecule has 3 heteroatoms. The van der Waals surface area contributed by atoms with Crippen molar-refractivity contribution in [3.8, 4) is 0 Å². The Balaban J connectivity index is 2.53. The summed E-state index contributed by atoms with van der Waals surface area (Å²) in [6.07, 6.45) is 2.14. The Kier molecular flexibility index (Phi) is 6.03. The molecule has 1 aromatic rings. The van der Waals surface area contributed by atoms with E-state index in [2.05, 4.69) is 38.7 Å². The highest BCUT2D eigenvalue weighted by atomic mass is 32.1. The van der Waals surface area contributed by atoms with E-state index in [-0.39, 0.29) is 5.78 Å². The van der Waals surface area contributed by atoms with Gasteiger partial charge in [-0.1, -0.05) is 20.8 Å². The molecule has 1 aromatic heterocycles. The monoisotopic (exact) mass is 267 g/mol. The maximum atomic E-state index is 12.1. The topological polar surface area (TPSA) is 20.3 Å². The Morgan fingerprint density at radius 3 is 2.50 bits per heavy atom. The van der Waals surface area contributed by atoms with Gasteiger partial charge in [0, 0.05) is 10.9 Å². The normalized spacial score (nSPS) is 13.3. The summed E-state index contributed by atoms with van der Waals surface area (Å²) in [6, 6.07) is 4.49. The predicted molar refractivity (Wildman–Crippen MR) is 79.6 cm³/mol. The Bertz CT molecular complexity index is 384. The van der Waals surface area contributed by atoms with Gasteiger partial charge in [0.25, 0.3) is 0 Å². The van der Waals surface area contributed by atoms with Gasteiger partial charge in [0.05, 0.1) is 11.4 Å². The van der Waals surface area contributed by atoms with Crippen molar-refractivity contribution in [1.29, 1.82) is 0 Å². The third-order valence-electron chi connectivity index (χ3n) is 3.24. The van der Waals surface area contributed by atoms with Gasteiger partial charge in [-0.3, -0.25) is 9.69 Å². The van der Waals surface area contributed by atoms with E-state index in [9.17, 15) is 4.79 Å². The van der Waals surface area contributed by atoms with E-state index in [1.54, 1.807) is 11.3 Å². The van der Waals surface area contributed by atoms with Crippen molar-refractivity contribution < 1.29 is 4.79 Å². The summed E-state index contributed by atoms with van der Waals surface area (Å²) < 4.78 is 0. The van der Waals surface area contributed by atoms with Crippen LogP contribution in [0.4, 0.5) is 0 Å². The van der Waals surface area contributed by atoms with Crippen molar-refractivity contribution in [2.75, 3.05) is 13.6 Å². The first-order chi connectivity index (χ1) is 8.43. The highest BCUT2D eigenvalue weighted by molar-refractivity contribution is 7.14. The van der Waals surface area contributed by atoms with Crippen LogP contribution in [0.15, 0.2) is 12.1 Å². The molecule has 0 radical (unpaired) electrons. The molecular weight excluding hydrogens is 242 g/mol. The van der Waals surface area contributed by atoms with Crippen molar-refractivity contribution in [2.24, 2.45) is 5.92 Å². The lowest BCUT2D eigenvalue weighted by Crippen LogP contribution is -2.34. The van der Waals surface area contributed by atoms with Gasteiger partial charge in [-0.2, -0.15) is 0 Å². The van der Waals surface area contributed by atoms with Crippen LogP contribution in [0.1, 0.15) is 48.7 Å². The van der Waals surface area contributed by atoms with Crippen LogP contribution in [-0.2, 0) is 6.42 Å². The maximum absolute atomic E-state index is 12.1. The Morgan fingerprint density at radius 2 is 2.00 bits per heavy atom. The number of carbonyl (C=O) groups is 1. The smallest absolute Gasteiger partial charge is 0.186 e. The number of hydrogen-bond donors (Lipinski definition) is 0. The molecule has 0 fully saturated rings. The summed E-state index contributed by atoms with van der Waals surface area (Å²) in [7, 11) is 2.04. The first kappa shape index (κ1) is 15.4. The molecular formula is C15H25NOS. The van der Waals surface area contributed by atoms with Crippen molar-refractivity contribution in [2.45, 2.75) is 46.6 Å². The summed E-state index contributed by atoms with van der Waals surface area (Å²) in [6.45, 7) is 9.28. The van der Waals surface area contributed by atoms with Crippen LogP contribution >= 0.6 is 11.3 Å². The molecule has 1 atom stereocenters. The number of carbonyl (C=O) groups excluding carboxylic acids is 1. The molecule has 2 nitrogen and oxygen atoms in total. The lowest BCUT2D eigenvalue weighted by Gasteiger charge is -2.25. The van der Waals surface area contributed by atoms with Crippen molar-refractivity contribution in [3.05, 3.63) is 21.9 Å². The van der Waals surface area contributed by atoms with E-state index in [1.165, 1.54) is 4.88 Å². The number of hydrogen-bond acceptors (Lipinski definition) is 3. The van der Waals surface area contributed by atoms with Crippen LogP contribution in [0.25, 0.3) is 0 Å². The van der Waals surface area contributed by atoms with Gasteiger partial charge in [-0.05, 0) is 44.9 Å². The predicted octanol–water partition coefficient (Wildman–Crippen LogP) is 3.86. The van der Waals surface area contributed by atoms with Gasteiger partial charge in [-0.15, -0.1) is 11.3 Å². The first-order valence-corrected chi connectivity index (χ1v) is 7.57. The minimum atomic E-state index is 0.248. The van der Waals surface area contributed by atoms with Crippen LogP contribution in [0, 0.1) is 5.92 Å². The van der Waals surface area contributed by atoms with Gasteiger partial charge < -0.3 is 0 Å². The standard InChI is InChI=1S/C15H25NOS/c1-6-13-7-8-15(18-13)14(17)10-16(5)12(4)9-11(2)3/h7-8,11-12H,6,9-10H2,1-5H3. The van der Waals surface area contributed by atoms with E-state index in [0.29, 0.717) is 18.5 Å². The largest absolute Gasteiger partial charge is 0.296 e. The molecule has 102 valence electrons.